The van der Waals surface area contributed by atoms with E-state index in [1.54, 1.807) is 26.0 Å². The van der Waals surface area contributed by atoms with Crippen LogP contribution in [0, 0.1) is 11.3 Å². The van der Waals surface area contributed by atoms with Gasteiger partial charge < -0.3 is 24.0 Å². The van der Waals surface area contributed by atoms with E-state index in [1.165, 1.54) is 0 Å². The lowest BCUT2D eigenvalue weighted by atomic mass is 9.71. The lowest BCUT2D eigenvalue weighted by Gasteiger charge is -2.44. The van der Waals surface area contributed by atoms with Crippen LogP contribution in [0.25, 0.3) is 0 Å². The fourth-order valence-electron chi connectivity index (χ4n) is 5.73. The van der Waals surface area contributed by atoms with Gasteiger partial charge in [0, 0.05) is 37.7 Å². The molecule has 0 N–H and O–H groups in total. The van der Waals surface area contributed by atoms with E-state index in [9.17, 15) is 14.4 Å². The summed E-state index contributed by atoms with van der Waals surface area (Å²) in [5, 5.41) is 0. The highest BCUT2D eigenvalue weighted by Gasteiger charge is 2.55. The van der Waals surface area contributed by atoms with E-state index in [2.05, 4.69) is 0 Å². The van der Waals surface area contributed by atoms with Gasteiger partial charge in [0.05, 0.1) is 20.8 Å². The van der Waals surface area contributed by atoms with Crippen molar-refractivity contribution >= 4 is 17.8 Å². The fourth-order valence-corrected chi connectivity index (χ4v) is 5.73. The molecule has 0 aromatic heterocycles. The van der Waals surface area contributed by atoms with Crippen molar-refractivity contribution in [3.63, 3.8) is 0 Å². The molecule has 1 aromatic carbocycles. The van der Waals surface area contributed by atoms with E-state index >= 15 is 0 Å². The number of benzene rings is 1. The number of amides is 2. The first-order valence-corrected chi connectivity index (χ1v) is 12.6. The smallest absolute Gasteiger partial charge is 0.318 e. The Morgan fingerprint density at radius 1 is 1.11 bits per heavy atom. The quantitative estimate of drug-likeness (QED) is 0.500. The second-order valence-electron chi connectivity index (χ2n) is 9.55. The van der Waals surface area contributed by atoms with Gasteiger partial charge in [-0.1, -0.05) is 12.1 Å². The Labute approximate surface area is 207 Å². The van der Waals surface area contributed by atoms with E-state index in [4.69, 9.17) is 14.2 Å². The lowest BCUT2D eigenvalue weighted by Crippen LogP contribution is -2.52. The Morgan fingerprint density at radius 2 is 1.86 bits per heavy atom. The number of likely N-dealkylation sites (tertiary alicyclic amines) is 2. The van der Waals surface area contributed by atoms with E-state index in [0.717, 1.165) is 37.2 Å². The standard InChI is InChI=1S/C27H36N2O6/c1-4-35-26(32)27-12-7-8-23(27)29(15-11-19-9-10-21(33-2)22(16-19)34-3)25(31)20(18-27)17-24(30)28-13-5-6-14-28/h8-10,16,20H,4-7,11-15,17-18H2,1-3H3/t20-,27-/m0/s1. The van der Waals surface area contributed by atoms with Gasteiger partial charge in [0.2, 0.25) is 11.8 Å². The molecule has 0 bridgehead atoms. The molecule has 0 saturated carbocycles. The number of fused-ring (bicyclic) bond motifs is 1. The third-order valence-electron chi connectivity index (χ3n) is 7.52. The molecule has 1 aliphatic carbocycles. The molecular formula is C27H36N2O6. The minimum absolute atomic E-state index is 0.00475. The Kier molecular flexibility index (Phi) is 7.67. The number of allylic oxidation sites excluding steroid dienone is 1. The summed E-state index contributed by atoms with van der Waals surface area (Å²) in [6.45, 7) is 3.98. The van der Waals surface area contributed by atoms with Gasteiger partial charge in [-0.3, -0.25) is 14.4 Å². The molecule has 8 heteroatoms. The summed E-state index contributed by atoms with van der Waals surface area (Å²) in [7, 11) is 3.18. The maximum Gasteiger partial charge on any atom is 0.318 e. The van der Waals surface area contributed by atoms with Crippen molar-refractivity contribution in [2.45, 2.75) is 51.9 Å². The van der Waals surface area contributed by atoms with Crippen LogP contribution in [0.3, 0.4) is 0 Å². The van der Waals surface area contributed by atoms with Gasteiger partial charge in [-0.05, 0) is 63.1 Å². The third kappa shape index (κ3) is 4.88. The van der Waals surface area contributed by atoms with Gasteiger partial charge in [-0.25, -0.2) is 0 Å². The van der Waals surface area contributed by atoms with Gasteiger partial charge in [-0.2, -0.15) is 0 Å². The highest BCUT2D eigenvalue weighted by Crippen LogP contribution is 2.51. The molecule has 1 aromatic rings. The van der Waals surface area contributed by atoms with Gasteiger partial charge in [0.25, 0.3) is 0 Å². The van der Waals surface area contributed by atoms with Crippen molar-refractivity contribution in [1.82, 2.24) is 9.80 Å². The summed E-state index contributed by atoms with van der Waals surface area (Å²) in [5.41, 5.74) is 0.870. The summed E-state index contributed by atoms with van der Waals surface area (Å²) in [6.07, 6.45) is 6.37. The maximum absolute atomic E-state index is 13.7. The zero-order valence-electron chi connectivity index (χ0n) is 21.0. The van der Waals surface area contributed by atoms with Crippen LogP contribution >= 0.6 is 0 Å². The highest BCUT2D eigenvalue weighted by atomic mass is 16.5. The largest absolute Gasteiger partial charge is 0.493 e. The first-order valence-electron chi connectivity index (χ1n) is 12.6. The molecule has 2 amide bonds. The number of hydrogen-bond acceptors (Lipinski definition) is 6. The molecule has 35 heavy (non-hydrogen) atoms. The Balaban J connectivity index is 1.59. The number of piperidine rings is 1. The summed E-state index contributed by atoms with van der Waals surface area (Å²) in [4.78, 5) is 43.5. The van der Waals surface area contributed by atoms with Gasteiger partial charge >= 0.3 is 5.97 Å². The molecule has 2 aliphatic heterocycles. The molecule has 2 heterocycles. The highest BCUT2D eigenvalue weighted by molar-refractivity contribution is 5.92. The molecule has 8 nitrogen and oxygen atoms in total. The van der Waals surface area contributed by atoms with Crippen molar-refractivity contribution in [3.05, 3.63) is 35.5 Å². The molecule has 2 saturated heterocycles. The SMILES string of the molecule is CCOC(=O)[C@]12CCC=C1N(CCc1ccc(OC)c(OC)c1)C(=O)[C@@H](CC(=O)N1CCCC1)C2. The van der Waals surface area contributed by atoms with Crippen LogP contribution < -0.4 is 9.47 Å². The van der Waals surface area contributed by atoms with Gasteiger partial charge in [0.1, 0.15) is 5.41 Å². The summed E-state index contributed by atoms with van der Waals surface area (Å²) in [6, 6.07) is 5.70. The number of carbonyl (C=O) groups is 3. The van der Waals surface area contributed by atoms with Crippen molar-refractivity contribution in [3.8, 4) is 11.5 Å². The third-order valence-corrected chi connectivity index (χ3v) is 7.52. The zero-order chi connectivity index (χ0) is 25.0. The van der Waals surface area contributed by atoms with Crippen LogP contribution in [-0.4, -0.2) is 68.0 Å². The number of esters is 1. The predicted molar refractivity (Wildman–Crippen MR) is 130 cm³/mol. The molecular weight excluding hydrogens is 448 g/mol. The number of carbonyl (C=O) groups excluding carboxylic acids is 3. The molecule has 3 aliphatic rings. The molecule has 0 radical (unpaired) electrons. The Morgan fingerprint density at radius 3 is 2.54 bits per heavy atom. The monoisotopic (exact) mass is 484 g/mol. The number of rotatable bonds is 9. The summed E-state index contributed by atoms with van der Waals surface area (Å²) in [5.74, 6) is 0.381. The summed E-state index contributed by atoms with van der Waals surface area (Å²) >= 11 is 0. The van der Waals surface area contributed by atoms with E-state index in [1.807, 2.05) is 29.2 Å². The molecule has 0 spiro atoms. The lowest BCUT2D eigenvalue weighted by molar-refractivity contribution is -0.161. The predicted octanol–water partition coefficient (Wildman–Crippen LogP) is 3.33. The van der Waals surface area contributed by atoms with Crippen LogP contribution in [0.5, 0.6) is 11.5 Å². The Hall–Kier alpha value is -3.03. The topological polar surface area (TPSA) is 85.4 Å². The zero-order valence-corrected chi connectivity index (χ0v) is 21.0. The fraction of sp³-hybridized carbons (Fsp3) is 0.593. The Bertz CT molecular complexity index is 999. The van der Waals surface area contributed by atoms with Crippen molar-refractivity contribution in [1.29, 1.82) is 0 Å². The number of hydrogen-bond donors (Lipinski definition) is 0. The maximum atomic E-state index is 13.7. The second kappa shape index (κ2) is 10.7. The average Bonchev–Trinajstić information content (AvgIpc) is 3.55. The van der Waals surface area contributed by atoms with Crippen LogP contribution in [-0.2, 0) is 25.5 Å². The first-order chi connectivity index (χ1) is 16.9. The number of ether oxygens (including phenoxy) is 3. The average molecular weight is 485 g/mol. The van der Waals surface area contributed by atoms with Crippen molar-refractivity contribution in [2.75, 3.05) is 40.5 Å². The van der Waals surface area contributed by atoms with E-state index in [-0.39, 0.29) is 30.8 Å². The second-order valence-corrected chi connectivity index (χ2v) is 9.55. The van der Waals surface area contributed by atoms with E-state index in [0.29, 0.717) is 43.7 Å². The van der Waals surface area contributed by atoms with Crippen LogP contribution in [0.15, 0.2) is 30.0 Å². The first kappa shape index (κ1) is 25.1. The number of methoxy groups -OCH3 is 2. The minimum atomic E-state index is -0.864. The molecule has 4 rings (SSSR count). The van der Waals surface area contributed by atoms with E-state index < -0.39 is 11.3 Å². The van der Waals surface area contributed by atoms with Crippen molar-refractivity contribution in [2.24, 2.45) is 11.3 Å². The molecule has 2 atom stereocenters. The van der Waals surface area contributed by atoms with Crippen molar-refractivity contribution < 1.29 is 28.6 Å². The molecule has 2 fully saturated rings. The molecule has 0 unspecified atom stereocenters. The minimum Gasteiger partial charge on any atom is -0.493 e. The van der Waals surface area contributed by atoms with Gasteiger partial charge in [0.15, 0.2) is 11.5 Å². The molecule has 190 valence electrons. The van der Waals surface area contributed by atoms with Crippen LogP contribution in [0.4, 0.5) is 0 Å². The number of nitrogens with zero attached hydrogens (tertiary/aromatic N) is 2. The summed E-state index contributed by atoms with van der Waals surface area (Å²) < 4.78 is 16.2. The van der Waals surface area contributed by atoms with Crippen LogP contribution in [0.2, 0.25) is 0 Å². The van der Waals surface area contributed by atoms with Gasteiger partial charge in [-0.15, -0.1) is 0 Å². The van der Waals surface area contributed by atoms with Crippen LogP contribution in [0.1, 0.15) is 51.0 Å². The normalized spacial score (nSPS) is 23.7.